The van der Waals surface area contributed by atoms with Gasteiger partial charge in [0.2, 0.25) is 0 Å². The van der Waals surface area contributed by atoms with Crippen LogP contribution in [0.15, 0.2) is 17.1 Å². The molecule has 0 aromatic heterocycles. The van der Waals surface area contributed by atoms with E-state index in [1.807, 2.05) is 19.1 Å². The Hall–Kier alpha value is -2.04. The number of hydrogen-bond donors (Lipinski definition) is 0. The van der Waals surface area contributed by atoms with Crippen molar-refractivity contribution in [2.75, 3.05) is 21.3 Å². The minimum Gasteiger partial charge on any atom is -0.493 e. The van der Waals surface area contributed by atoms with Gasteiger partial charge in [0.25, 0.3) is 0 Å². The van der Waals surface area contributed by atoms with Crippen molar-refractivity contribution in [1.29, 1.82) is 0 Å². The van der Waals surface area contributed by atoms with Crippen molar-refractivity contribution in [2.24, 2.45) is 4.99 Å². The fourth-order valence-corrected chi connectivity index (χ4v) is 2.41. The molecule has 1 atom stereocenters. The number of rotatable bonds is 4. The van der Waals surface area contributed by atoms with Gasteiger partial charge < -0.3 is 14.2 Å². The van der Waals surface area contributed by atoms with Crippen molar-refractivity contribution in [3.8, 4) is 11.5 Å². The number of benzene rings is 1. The van der Waals surface area contributed by atoms with E-state index in [0.29, 0.717) is 11.5 Å². The van der Waals surface area contributed by atoms with E-state index in [1.165, 1.54) is 7.11 Å². The van der Waals surface area contributed by atoms with Crippen LogP contribution >= 0.6 is 0 Å². The fourth-order valence-electron chi connectivity index (χ4n) is 2.41. The highest BCUT2D eigenvalue weighted by atomic mass is 16.5. The van der Waals surface area contributed by atoms with Crippen molar-refractivity contribution >= 4 is 11.7 Å². The van der Waals surface area contributed by atoms with Gasteiger partial charge in [-0.25, -0.2) is 0 Å². The third-order valence-electron chi connectivity index (χ3n) is 3.35. The molecular formula is C15H19NO4. The number of methoxy groups -OCH3 is 3. The average Bonchev–Trinajstić information content (AvgIpc) is 2.45. The standard InChI is InChI=1S/C15H19NO4/c1-9-5-10-6-13(18-2)14(19-3)7-11(10)12(16-9)8-15(17)20-4/h6-7,9H,5,8H2,1-4H3. The maximum atomic E-state index is 11.5. The van der Waals surface area contributed by atoms with E-state index in [0.717, 1.165) is 23.3 Å². The lowest BCUT2D eigenvalue weighted by Gasteiger charge is -2.22. The lowest BCUT2D eigenvalue weighted by molar-refractivity contribution is -0.139. The number of fused-ring (bicyclic) bond motifs is 1. The van der Waals surface area contributed by atoms with Crippen LogP contribution < -0.4 is 9.47 Å². The predicted octanol–water partition coefficient (Wildman–Crippen LogP) is 2.00. The first-order chi connectivity index (χ1) is 9.58. The Morgan fingerprint density at radius 3 is 2.50 bits per heavy atom. The molecule has 1 aliphatic rings. The Morgan fingerprint density at radius 2 is 1.90 bits per heavy atom. The Balaban J connectivity index is 2.45. The molecular weight excluding hydrogens is 258 g/mol. The molecule has 0 spiro atoms. The summed E-state index contributed by atoms with van der Waals surface area (Å²) in [7, 11) is 4.58. The summed E-state index contributed by atoms with van der Waals surface area (Å²) in [5.41, 5.74) is 2.79. The molecule has 0 saturated carbocycles. The summed E-state index contributed by atoms with van der Waals surface area (Å²) in [6, 6.07) is 3.97. The van der Waals surface area contributed by atoms with Crippen LogP contribution in [0.25, 0.3) is 0 Å². The number of carbonyl (C=O) groups excluding carboxylic acids is 1. The summed E-state index contributed by atoms with van der Waals surface area (Å²) in [4.78, 5) is 16.1. The maximum Gasteiger partial charge on any atom is 0.311 e. The van der Waals surface area contributed by atoms with E-state index in [4.69, 9.17) is 14.2 Å². The molecule has 5 heteroatoms. The molecule has 1 heterocycles. The summed E-state index contributed by atoms with van der Waals surface area (Å²) < 4.78 is 15.4. The molecule has 0 radical (unpaired) electrons. The number of esters is 1. The van der Waals surface area contributed by atoms with Crippen LogP contribution in [0.3, 0.4) is 0 Å². The summed E-state index contributed by atoms with van der Waals surface area (Å²) in [5, 5.41) is 0. The molecule has 0 aliphatic carbocycles. The molecule has 0 fully saturated rings. The van der Waals surface area contributed by atoms with Gasteiger partial charge in [0.1, 0.15) is 0 Å². The third-order valence-corrected chi connectivity index (χ3v) is 3.35. The van der Waals surface area contributed by atoms with Crippen LogP contribution in [0.2, 0.25) is 0 Å². The summed E-state index contributed by atoms with van der Waals surface area (Å²) in [6.07, 6.45) is 0.990. The Morgan fingerprint density at radius 1 is 1.25 bits per heavy atom. The van der Waals surface area contributed by atoms with E-state index in [-0.39, 0.29) is 18.4 Å². The summed E-state index contributed by atoms with van der Waals surface area (Å²) in [5.74, 6) is 1.04. The molecule has 0 N–H and O–H groups in total. The number of nitrogens with zero attached hydrogens (tertiary/aromatic N) is 1. The lowest BCUT2D eigenvalue weighted by Crippen LogP contribution is -2.22. The van der Waals surface area contributed by atoms with E-state index in [2.05, 4.69) is 4.99 Å². The number of carbonyl (C=O) groups is 1. The first kappa shape index (κ1) is 14.4. The molecule has 2 rings (SSSR count). The Labute approximate surface area is 118 Å². The normalized spacial score (nSPS) is 17.0. The minimum absolute atomic E-state index is 0.139. The van der Waals surface area contributed by atoms with Crippen molar-refractivity contribution in [3.63, 3.8) is 0 Å². The second-order valence-corrected chi connectivity index (χ2v) is 4.75. The van der Waals surface area contributed by atoms with Gasteiger partial charge in [-0.1, -0.05) is 0 Å². The number of hydrogen-bond acceptors (Lipinski definition) is 5. The highest BCUT2D eigenvalue weighted by molar-refractivity contribution is 6.11. The van der Waals surface area contributed by atoms with Gasteiger partial charge in [0.15, 0.2) is 11.5 Å². The van der Waals surface area contributed by atoms with E-state index >= 15 is 0 Å². The van der Waals surface area contributed by atoms with E-state index in [9.17, 15) is 4.79 Å². The maximum absolute atomic E-state index is 11.5. The summed E-state index contributed by atoms with van der Waals surface area (Å²) in [6.45, 7) is 2.02. The quantitative estimate of drug-likeness (QED) is 0.790. The monoisotopic (exact) mass is 277 g/mol. The highest BCUT2D eigenvalue weighted by Gasteiger charge is 2.23. The molecule has 1 unspecified atom stereocenters. The van der Waals surface area contributed by atoms with Crippen LogP contribution in [-0.2, 0) is 16.0 Å². The highest BCUT2D eigenvalue weighted by Crippen LogP contribution is 2.34. The van der Waals surface area contributed by atoms with Gasteiger partial charge >= 0.3 is 5.97 Å². The molecule has 0 bridgehead atoms. The zero-order valence-corrected chi connectivity index (χ0v) is 12.2. The zero-order valence-electron chi connectivity index (χ0n) is 12.2. The van der Waals surface area contributed by atoms with Crippen LogP contribution in [0.1, 0.15) is 24.5 Å². The molecule has 1 aliphatic heterocycles. The van der Waals surface area contributed by atoms with Crippen LogP contribution in [-0.4, -0.2) is 39.1 Å². The molecule has 0 amide bonds. The second kappa shape index (κ2) is 5.94. The Bertz CT molecular complexity index is 551. The van der Waals surface area contributed by atoms with Gasteiger partial charge in [-0.15, -0.1) is 0 Å². The van der Waals surface area contributed by atoms with Crippen molar-refractivity contribution in [3.05, 3.63) is 23.3 Å². The van der Waals surface area contributed by atoms with Gasteiger partial charge in [0, 0.05) is 5.56 Å². The smallest absolute Gasteiger partial charge is 0.311 e. The zero-order chi connectivity index (χ0) is 14.7. The molecule has 1 aromatic rings. The van der Waals surface area contributed by atoms with E-state index in [1.54, 1.807) is 14.2 Å². The molecule has 0 saturated heterocycles. The van der Waals surface area contributed by atoms with Crippen molar-refractivity contribution in [2.45, 2.75) is 25.8 Å². The van der Waals surface area contributed by atoms with Gasteiger partial charge in [-0.3, -0.25) is 9.79 Å². The SMILES string of the molecule is COC(=O)CC1=NC(C)Cc2cc(OC)c(OC)cc21. The van der Waals surface area contributed by atoms with Gasteiger partial charge in [-0.05, 0) is 31.0 Å². The van der Waals surface area contributed by atoms with Gasteiger partial charge in [0.05, 0.1) is 39.5 Å². The number of aliphatic imine (C=N–C) groups is 1. The second-order valence-electron chi connectivity index (χ2n) is 4.75. The molecule has 108 valence electrons. The molecule has 5 nitrogen and oxygen atoms in total. The average molecular weight is 277 g/mol. The minimum atomic E-state index is -0.293. The van der Waals surface area contributed by atoms with Gasteiger partial charge in [-0.2, -0.15) is 0 Å². The first-order valence-corrected chi connectivity index (χ1v) is 6.47. The third kappa shape index (κ3) is 2.76. The topological polar surface area (TPSA) is 57.1 Å². The van der Waals surface area contributed by atoms with Crippen molar-refractivity contribution in [1.82, 2.24) is 0 Å². The molecule has 1 aromatic carbocycles. The fraction of sp³-hybridized carbons (Fsp3) is 0.467. The molecule has 20 heavy (non-hydrogen) atoms. The lowest BCUT2D eigenvalue weighted by atomic mass is 9.92. The first-order valence-electron chi connectivity index (χ1n) is 6.47. The van der Waals surface area contributed by atoms with E-state index < -0.39 is 0 Å². The predicted molar refractivity (Wildman–Crippen MR) is 75.9 cm³/mol. The van der Waals surface area contributed by atoms with Crippen molar-refractivity contribution < 1.29 is 19.0 Å². The largest absolute Gasteiger partial charge is 0.493 e. The number of ether oxygens (including phenoxy) is 3. The van der Waals surface area contributed by atoms with Crippen LogP contribution in [0.5, 0.6) is 11.5 Å². The summed E-state index contributed by atoms with van der Waals surface area (Å²) >= 11 is 0. The van der Waals surface area contributed by atoms with Crippen LogP contribution in [0.4, 0.5) is 0 Å². The van der Waals surface area contributed by atoms with Crippen LogP contribution in [0, 0.1) is 0 Å². The Kier molecular flexibility index (Phi) is 4.27.